The molecule has 16 heavy (non-hydrogen) atoms. The van der Waals surface area contributed by atoms with Gasteiger partial charge in [-0.2, -0.15) is 11.3 Å². The monoisotopic (exact) mass is 253 g/mol. The summed E-state index contributed by atoms with van der Waals surface area (Å²) in [4.78, 5) is 13.0. The summed E-state index contributed by atoms with van der Waals surface area (Å²) in [5.74, 6) is -0.368. The topological polar surface area (TPSA) is 52.3 Å². The van der Waals surface area contributed by atoms with Crippen LogP contribution >= 0.6 is 22.7 Å². The molecule has 0 unspecified atom stereocenters. The number of anilines is 1. The molecule has 2 N–H and O–H groups in total. The fourth-order valence-electron chi connectivity index (χ4n) is 1.44. The molecule has 0 saturated heterocycles. The molecule has 0 saturated carbocycles. The zero-order valence-electron chi connectivity index (χ0n) is 8.94. The lowest BCUT2D eigenvalue weighted by Gasteiger charge is -1.96. The molecule has 84 valence electrons. The second kappa shape index (κ2) is 4.27. The van der Waals surface area contributed by atoms with Crippen molar-refractivity contribution < 1.29 is 9.53 Å². The molecule has 0 aliphatic carbocycles. The fourth-order valence-corrected chi connectivity index (χ4v) is 3.30. The van der Waals surface area contributed by atoms with Gasteiger partial charge in [-0.15, -0.1) is 11.3 Å². The molecule has 2 aromatic heterocycles. The van der Waals surface area contributed by atoms with Crippen LogP contribution in [-0.4, -0.2) is 13.1 Å². The first-order valence-corrected chi connectivity index (χ1v) is 6.40. The smallest absolute Gasteiger partial charge is 0.350 e. The molecular formula is C11H11NO2S2. The van der Waals surface area contributed by atoms with Crippen LogP contribution in [0, 0.1) is 6.92 Å². The van der Waals surface area contributed by atoms with Crippen LogP contribution in [0.25, 0.3) is 10.4 Å². The number of nitrogen functional groups attached to an aromatic ring is 1. The van der Waals surface area contributed by atoms with E-state index in [1.807, 2.05) is 23.8 Å². The highest BCUT2D eigenvalue weighted by atomic mass is 32.1. The maximum atomic E-state index is 11.5. The predicted molar refractivity (Wildman–Crippen MR) is 68.1 cm³/mol. The normalized spacial score (nSPS) is 10.4. The van der Waals surface area contributed by atoms with E-state index < -0.39 is 0 Å². The van der Waals surface area contributed by atoms with Crippen LogP contribution in [0.2, 0.25) is 0 Å². The van der Waals surface area contributed by atoms with Crippen molar-refractivity contribution in [3.63, 3.8) is 0 Å². The maximum absolute atomic E-state index is 11.5. The van der Waals surface area contributed by atoms with E-state index in [2.05, 4.69) is 0 Å². The molecule has 0 radical (unpaired) electrons. The van der Waals surface area contributed by atoms with E-state index in [1.165, 1.54) is 18.4 Å². The second-order valence-corrected chi connectivity index (χ2v) is 5.10. The summed E-state index contributed by atoms with van der Waals surface area (Å²) in [6.07, 6.45) is 0. The molecule has 0 spiro atoms. The number of hydrogen-bond acceptors (Lipinski definition) is 5. The van der Waals surface area contributed by atoms with E-state index in [1.54, 1.807) is 11.3 Å². The van der Waals surface area contributed by atoms with Crippen LogP contribution in [0.3, 0.4) is 0 Å². The number of rotatable bonds is 2. The Labute approximate surface area is 101 Å². The highest BCUT2D eigenvalue weighted by Crippen LogP contribution is 2.39. The first-order chi connectivity index (χ1) is 7.65. The van der Waals surface area contributed by atoms with Gasteiger partial charge < -0.3 is 10.5 Å². The van der Waals surface area contributed by atoms with Crippen molar-refractivity contribution in [1.82, 2.24) is 0 Å². The SMILES string of the molecule is COC(=O)c1sc(-c2ccsc2)c(C)c1N. The zero-order valence-corrected chi connectivity index (χ0v) is 10.6. The van der Waals surface area contributed by atoms with Crippen LogP contribution in [0.4, 0.5) is 5.69 Å². The van der Waals surface area contributed by atoms with Crippen molar-refractivity contribution in [2.45, 2.75) is 6.92 Å². The van der Waals surface area contributed by atoms with Gasteiger partial charge in [0.25, 0.3) is 0 Å². The molecule has 2 aromatic rings. The molecule has 2 rings (SSSR count). The quantitative estimate of drug-likeness (QED) is 0.836. The number of hydrogen-bond donors (Lipinski definition) is 1. The third kappa shape index (κ3) is 1.72. The van der Waals surface area contributed by atoms with Gasteiger partial charge in [0.15, 0.2) is 0 Å². The molecule has 0 fully saturated rings. The third-order valence-electron chi connectivity index (χ3n) is 2.35. The molecule has 0 amide bonds. The van der Waals surface area contributed by atoms with Gasteiger partial charge in [-0.3, -0.25) is 0 Å². The van der Waals surface area contributed by atoms with E-state index in [0.717, 1.165) is 16.0 Å². The van der Waals surface area contributed by atoms with E-state index >= 15 is 0 Å². The van der Waals surface area contributed by atoms with Crippen LogP contribution in [0.15, 0.2) is 16.8 Å². The lowest BCUT2D eigenvalue weighted by molar-refractivity contribution is 0.0607. The average molecular weight is 253 g/mol. The van der Waals surface area contributed by atoms with Crippen molar-refractivity contribution >= 4 is 34.3 Å². The van der Waals surface area contributed by atoms with Gasteiger partial charge in [-0.25, -0.2) is 4.79 Å². The van der Waals surface area contributed by atoms with Gasteiger partial charge in [0.2, 0.25) is 0 Å². The summed E-state index contributed by atoms with van der Waals surface area (Å²) in [5, 5.41) is 4.04. The summed E-state index contributed by atoms with van der Waals surface area (Å²) in [5.41, 5.74) is 8.48. The van der Waals surface area contributed by atoms with E-state index in [-0.39, 0.29) is 5.97 Å². The molecule has 5 heteroatoms. The van der Waals surface area contributed by atoms with Crippen molar-refractivity contribution in [2.24, 2.45) is 0 Å². The Morgan fingerprint density at radius 3 is 2.81 bits per heavy atom. The van der Waals surface area contributed by atoms with E-state index in [0.29, 0.717) is 10.6 Å². The molecule has 2 heterocycles. The zero-order chi connectivity index (χ0) is 11.7. The standard InChI is InChI=1S/C11H11NO2S2/c1-6-8(12)10(11(13)14-2)16-9(6)7-3-4-15-5-7/h3-5H,12H2,1-2H3. The summed E-state index contributed by atoms with van der Waals surface area (Å²) >= 11 is 3.01. The number of carbonyl (C=O) groups excluding carboxylic acids is 1. The predicted octanol–water partition coefficient (Wildman–Crippen LogP) is 3.15. The van der Waals surface area contributed by atoms with E-state index in [4.69, 9.17) is 10.5 Å². The molecule has 0 bridgehead atoms. The number of esters is 1. The van der Waals surface area contributed by atoms with Crippen molar-refractivity contribution in [2.75, 3.05) is 12.8 Å². The minimum absolute atomic E-state index is 0.368. The Bertz CT molecular complexity index is 514. The van der Waals surface area contributed by atoms with Crippen LogP contribution in [0.1, 0.15) is 15.2 Å². The van der Waals surface area contributed by atoms with Crippen LogP contribution in [0.5, 0.6) is 0 Å². The lowest BCUT2D eigenvalue weighted by atomic mass is 10.1. The first kappa shape index (κ1) is 11.2. The van der Waals surface area contributed by atoms with Crippen LogP contribution in [-0.2, 0) is 4.74 Å². The van der Waals surface area contributed by atoms with Gasteiger partial charge in [-0.1, -0.05) is 0 Å². The summed E-state index contributed by atoms with van der Waals surface area (Å²) in [7, 11) is 1.36. The van der Waals surface area contributed by atoms with E-state index in [9.17, 15) is 4.79 Å². The van der Waals surface area contributed by atoms with Crippen LogP contribution < -0.4 is 5.73 Å². The number of carbonyl (C=O) groups is 1. The Morgan fingerprint density at radius 1 is 1.50 bits per heavy atom. The number of ether oxygens (including phenoxy) is 1. The Kier molecular flexibility index (Phi) is 2.98. The number of nitrogens with two attached hydrogens (primary N) is 1. The van der Waals surface area contributed by atoms with Gasteiger partial charge in [0, 0.05) is 10.4 Å². The Hall–Kier alpha value is -1.33. The third-order valence-corrected chi connectivity index (χ3v) is 4.37. The minimum Gasteiger partial charge on any atom is -0.465 e. The lowest BCUT2D eigenvalue weighted by Crippen LogP contribution is -2.01. The van der Waals surface area contributed by atoms with Gasteiger partial charge >= 0.3 is 5.97 Å². The molecular weight excluding hydrogens is 242 g/mol. The fraction of sp³-hybridized carbons (Fsp3) is 0.182. The molecule has 0 aliphatic rings. The highest BCUT2D eigenvalue weighted by Gasteiger charge is 2.19. The average Bonchev–Trinajstić information content (AvgIpc) is 2.89. The summed E-state index contributed by atoms with van der Waals surface area (Å²) < 4.78 is 4.70. The highest BCUT2D eigenvalue weighted by molar-refractivity contribution is 7.18. The summed E-state index contributed by atoms with van der Waals surface area (Å²) in [6, 6.07) is 2.02. The summed E-state index contributed by atoms with van der Waals surface area (Å²) in [6.45, 7) is 1.92. The largest absolute Gasteiger partial charge is 0.465 e. The van der Waals surface area contributed by atoms with Gasteiger partial charge in [0.05, 0.1) is 12.8 Å². The van der Waals surface area contributed by atoms with Gasteiger partial charge in [0.1, 0.15) is 4.88 Å². The first-order valence-electron chi connectivity index (χ1n) is 4.65. The van der Waals surface area contributed by atoms with Crippen molar-refractivity contribution in [3.8, 4) is 10.4 Å². The molecule has 0 aliphatic heterocycles. The number of thiophene rings is 2. The maximum Gasteiger partial charge on any atom is 0.350 e. The van der Waals surface area contributed by atoms with Gasteiger partial charge in [-0.05, 0) is 29.3 Å². The van der Waals surface area contributed by atoms with Crippen molar-refractivity contribution in [3.05, 3.63) is 27.3 Å². The Morgan fingerprint density at radius 2 is 2.25 bits per heavy atom. The molecule has 0 aromatic carbocycles. The Balaban J connectivity index is 2.54. The minimum atomic E-state index is -0.368. The number of methoxy groups -OCH3 is 1. The molecule has 3 nitrogen and oxygen atoms in total. The van der Waals surface area contributed by atoms with Crippen molar-refractivity contribution in [1.29, 1.82) is 0 Å². The molecule has 0 atom stereocenters. The second-order valence-electron chi connectivity index (χ2n) is 3.30.